The van der Waals surface area contributed by atoms with Gasteiger partial charge in [0.1, 0.15) is 11.3 Å². The maximum atomic E-state index is 12.0. The Balaban J connectivity index is 1.55. The molecule has 3 aromatic rings. The van der Waals surface area contributed by atoms with Crippen LogP contribution in [0.5, 0.6) is 0 Å². The highest BCUT2D eigenvalue weighted by molar-refractivity contribution is 7.12. The molecule has 0 unspecified atom stereocenters. The summed E-state index contributed by atoms with van der Waals surface area (Å²) >= 11 is 1.40. The Kier molecular flexibility index (Phi) is 4.57. The fourth-order valence-corrected chi connectivity index (χ4v) is 3.08. The third kappa shape index (κ3) is 3.68. The zero-order valence-electron chi connectivity index (χ0n) is 12.7. The van der Waals surface area contributed by atoms with Gasteiger partial charge >= 0.3 is 0 Å². The minimum absolute atomic E-state index is 0.00606. The van der Waals surface area contributed by atoms with E-state index in [1.165, 1.54) is 11.3 Å². The minimum atomic E-state index is -0.230. The van der Waals surface area contributed by atoms with E-state index >= 15 is 0 Å². The van der Waals surface area contributed by atoms with Gasteiger partial charge in [-0.3, -0.25) is 9.59 Å². The molecular weight excluding hydrogens is 310 g/mol. The molecule has 1 N–H and O–H groups in total. The van der Waals surface area contributed by atoms with Crippen LogP contribution in [0.3, 0.4) is 0 Å². The predicted molar refractivity (Wildman–Crippen MR) is 90.7 cm³/mol. The van der Waals surface area contributed by atoms with E-state index in [2.05, 4.69) is 5.32 Å². The van der Waals surface area contributed by atoms with Crippen molar-refractivity contribution < 1.29 is 14.0 Å². The minimum Gasteiger partial charge on any atom is -0.459 e. The lowest BCUT2D eigenvalue weighted by Gasteiger charge is -2.10. The van der Waals surface area contributed by atoms with Crippen LogP contribution < -0.4 is 5.32 Å². The van der Waals surface area contributed by atoms with Crippen LogP contribution in [0.25, 0.3) is 11.0 Å². The Labute approximate surface area is 138 Å². The summed E-state index contributed by atoms with van der Waals surface area (Å²) in [7, 11) is 0. The summed E-state index contributed by atoms with van der Waals surface area (Å²) in [6.07, 6.45) is 0.403. The second-order valence-electron chi connectivity index (χ2n) is 5.38. The van der Waals surface area contributed by atoms with E-state index in [1.54, 1.807) is 6.07 Å². The number of benzene rings is 1. The van der Waals surface area contributed by atoms with Gasteiger partial charge in [0.15, 0.2) is 5.78 Å². The molecular formula is C18H17NO3S. The molecule has 0 aliphatic rings. The molecule has 0 fully saturated rings. The van der Waals surface area contributed by atoms with E-state index < -0.39 is 0 Å². The summed E-state index contributed by atoms with van der Waals surface area (Å²) in [6.45, 7) is 1.87. The zero-order chi connectivity index (χ0) is 16.2. The number of para-hydroxylation sites is 1. The van der Waals surface area contributed by atoms with Gasteiger partial charge in [-0.1, -0.05) is 24.3 Å². The van der Waals surface area contributed by atoms with Crippen molar-refractivity contribution in [1.29, 1.82) is 0 Å². The van der Waals surface area contributed by atoms with E-state index in [0.29, 0.717) is 10.6 Å². The molecule has 2 heterocycles. The van der Waals surface area contributed by atoms with E-state index in [4.69, 9.17) is 4.42 Å². The molecule has 1 aromatic carbocycles. The number of rotatable bonds is 6. The number of carbonyl (C=O) groups excluding carboxylic acids is 2. The summed E-state index contributed by atoms with van der Waals surface area (Å²) < 4.78 is 5.74. The van der Waals surface area contributed by atoms with E-state index in [-0.39, 0.29) is 30.6 Å². The number of nitrogens with one attached hydrogen (secondary N) is 1. The van der Waals surface area contributed by atoms with Crippen molar-refractivity contribution >= 4 is 34.0 Å². The first kappa shape index (κ1) is 15.5. The molecule has 1 amide bonds. The lowest BCUT2D eigenvalue weighted by atomic mass is 10.1. The largest absolute Gasteiger partial charge is 0.459 e. The van der Waals surface area contributed by atoms with Crippen molar-refractivity contribution in [3.63, 3.8) is 0 Å². The second-order valence-corrected chi connectivity index (χ2v) is 6.32. The molecule has 5 heteroatoms. The van der Waals surface area contributed by atoms with Crippen LogP contribution >= 0.6 is 11.3 Å². The highest BCUT2D eigenvalue weighted by Crippen LogP contribution is 2.23. The maximum Gasteiger partial charge on any atom is 0.221 e. The Hall–Kier alpha value is -2.40. The van der Waals surface area contributed by atoms with Crippen LogP contribution in [0.4, 0.5) is 0 Å². The van der Waals surface area contributed by atoms with Crippen LogP contribution in [0.15, 0.2) is 52.3 Å². The van der Waals surface area contributed by atoms with E-state index in [0.717, 1.165) is 11.0 Å². The van der Waals surface area contributed by atoms with Crippen LogP contribution in [0, 0.1) is 0 Å². The summed E-state index contributed by atoms with van der Waals surface area (Å²) in [5.74, 6) is 0.568. The van der Waals surface area contributed by atoms with E-state index in [9.17, 15) is 9.59 Å². The molecule has 1 atom stereocenters. The van der Waals surface area contributed by atoms with Gasteiger partial charge in [-0.25, -0.2) is 0 Å². The number of thiophene rings is 1. The van der Waals surface area contributed by atoms with E-state index in [1.807, 2.05) is 48.7 Å². The number of carbonyl (C=O) groups is 2. The molecule has 4 nitrogen and oxygen atoms in total. The summed E-state index contributed by atoms with van der Waals surface area (Å²) in [5, 5.41) is 5.74. The van der Waals surface area contributed by atoms with Gasteiger partial charge in [-0.2, -0.15) is 0 Å². The maximum absolute atomic E-state index is 12.0. The highest BCUT2D eigenvalue weighted by Gasteiger charge is 2.15. The first-order chi connectivity index (χ1) is 11.1. The average Bonchev–Trinajstić information content (AvgIpc) is 3.21. The van der Waals surface area contributed by atoms with Gasteiger partial charge in [-0.05, 0) is 30.5 Å². The third-order valence-electron chi connectivity index (χ3n) is 3.62. The number of fused-ring (bicyclic) bond motifs is 1. The molecule has 2 aromatic heterocycles. The Bertz CT molecular complexity index is 787. The Morgan fingerprint density at radius 1 is 1.17 bits per heavy atom. The highest BCUT2D eigenvalue weighted by atomic mass is 32.1. The van der Waals surface area contributed by atoms with Gasteiger partial charge in [0.25, 0.3) is 0 Å². The number of hydrogen-bond donors (Lipinski definition) is 1. The smallest absolute Gasteiger partial charge is 0.221 e. The predicted octanol–water partition coefficient (Wildman–Crippen LogP) is 4.33. The van der Waals surface area contributed by atoms with Crippen LogP contribution in [0.2, 0.25) is 0 Å². The Morgan fingerprint density at radius 3 is 2.74 bits per heavy atom. The number of amides is 1. The lowest BCUT2D eigenvalue weighted by molar-refractivity contribution is -0.121. The van der Waals surface area contributed by atoms with Crippen molar-refractivity contribution in [1.82, 2.24) is 5.32 Å². The molecule has 0 aliphatic carbocycles. The summed E-state index contributed by atoms with van der Waals surface area (Å²) in [5.41, 5.74) is 0.802. The normalized spacial score (nSPS) is 12.2. The molecule has 0 spiro atoms. The molecule has 0 saturated carbocycles. The van der Waals surface area contributed by atoms with Crippen molar-refractivity contribution in [2.24, 2.45) is 0 Å². The number of Topliss-reactive ketones (excluding diaryl/α,β-unsaturated/α-hetero) is 1. The SMILES string of the molecule is C[C@@H](NC(=O)CCC(=O)c1cccs1)c1cc2ccccc2o1. The molecule has 0 saturated heterocycles. The van der Waals surface area contributed by atoms with Crippen LogP contribution in [-0.2, 0) is 4.79 Å². The summed E-state index contributed by atoms with van der Waals surface area (Å²) in [4.78, 5) is 24.6. The van der Waals surface area contributed by atoms with Crippen LogP contribution in [-0.4, -0.2) is 11.7 Å². The van der Waals surface area contributed by atoms with Crippen molar-refractivity contribution in [3.05, 3.63) is 58.5 Å². The first-order valence-electron chi connectivity index (χ1n) is 7.48. The van der Waals surface area contributed by atoms with Gasteiger partial charge in [0.05, 0.1) is 10.9 Å². The standard InChI is InChI=1S/C18H17NO3S/c1-12(16-11-13-5-2-3-6-15(13)22-16)19-18(21)9-8-14(20)17-7-4-10-23-17/h2-7,10-12H,8-9H2,1H3,(H,19,21)/t12-/m1/s1. The van der Waals surface area contributed by atoms with Gasteiger partial charge in [-0.15, -0.1) is 11.3 Å². The second kappa shape index (κ2) is 6.79. The van der Waals surface area contributed by atoms with Gasteiger partial charge < -0.3 is 9.73 Å². The molecule has 3 rings (SSSR count). The third-order valence-corrected chi connectivity index (χ3v) is 4.53. The van der Waals surface area contributed by atoms with Crippen molar-refractivity contribution in [2.45, 2.75) is 25.8 Å². The molecule has 0 aliphatic heterocycles. The number of furan rings is 1. The molecule has 118 valence electrons. The number of ketones is 1. The molecule has 23 heavy (non-hydrogen) atoms. The molecule has 0 radical (unpaired) electrons. The fraction of sp³-hybridized carbons (Fsp3) is 0.222. The first-order valence-corrected chi connectivity index (χ1v) is 8.36. The lowest BCUT2D eigenvalue weighted by Crippen LogP contribution is -2.26. The topological polar surface area (TPSA) is 59.3 Å². The monoisotopic (exact) mass is 327 g/mol. The van der Waals surface area contributed by atoms with Gasteiger partial charge in [0.2, 0.25) is 5.91 Å². The number of hydrogen-bond acceptors (Lipinski definition) is 4. The fourth-order valence-electron chi connectivity index (χ4n) is 2.39. The molecule has 0 bridgehead atoms. The zero-order valence-corrected chi connectivity index (χ0v) is 13.6. The van der Waals surface area contributed by atoms with Gasteiger partial charge in [0, 0.05) is 18.2 Å². The quantitative estimate of drug-likeness (QED) is 0.685. The summed E-state index contributed by atoms with van der Waals surface area (Å²) in [6, 6.07) is 13.0. The van der Waals surface area contributed by atoms with Crippen molar-refractivity contribution in [2.75, 3.05) is 0 Å². The Morgan fingerprint density at radius 2 is 2.00 bits per heavy atom. The average molecular weight is 327 g/mol. The van der Waals surface area contributed by atoms with Crippen molar-refractivity contribution in [3.8, 4) is 0 Å². The van der Waals surface area contributed by atoms with Crippen LogP contribution in [0.1, 0.15) is 41.2 Å².